The third kappa shape index (κ3) is 1.60. The molecule has 0 spiro atoms. The van der Waals surface area contributed by atoms with Gasteiger partial charge < -0.3 is 5.32 Å². The quantitative estimate of drug-likeness (QED) is 0.825. The minimum absolute atomic E-state index is 0.0462. The van der Waals surface area contributed by atoms with Crippen LogP contribution in [0, 0.1) is 16.2 Å². The second-order valence-electron chi connectivity index (χ2n) is 6.98. The average molecular weight is 350 g/mol. The highest BCUT2D eigenvalue weighted by atomic mass is 79.9. The zero-order valence-corrected chi connectivity index (χ0v) is 14.2. The molecule has 0 radical (unpaired) electrons. The lowest BCUT2D eigenvalue weighted by atomic mass is 9.64. The molecule has 0 heterocycles. The van der Waals surface area contributed by atoms with Crippen LogP contribution in [0.4, 0.5) is 5.69 Å². The SMILES string of the molecule is CC1(C)[C@@]2(C)CC[C@@]1(C(=O)Nc1ccccc1)[C@H](Br)C2=O. The van der Waals surface area contributed by atoms with Crippen molar-refractivity contribution >= 4 is 33.3 Å². The minimum Gasteiger partial charge on any atom is -0.326 e. The lowest BCUT2D eigenvalue weighted by Crippen LogP contribution is -2.47. The number of hydrogen-bond acceptors (Lipinski definition) is 2. The first kappa shape index (κ1) is 14.8. The Bertz CT molecular complexity index is 612. The van der Waals surface area contributed by atoms with Crippen molar-refractivity contribution in [2.75, 3.05) is 5.32 Å². The predicted octanol–water partition coefficient (Wildman–Crippen LogP) is 3.78. The Balaban J connectivity index is 2.00. The van der Waals surface area contributed by atoms with Crippen LogP contribution in [0.15, 0.2) is 30.3 Å². The number of carbonyl (C=O) groups is 2. The Morgan fingerprint density at radius 2 is 1.81 bits per heavy atom. The number of alkyl halides is 1. The standard InChI is InChI=1S/C17H20BrNO2/c1-15(2)16(3)9-10-17(15,12(18)13(16)20)14(21)19-11-7-5-4-6-8-11/h4-8,12H,9-10H2,1-3H3,(H,19,21)/t12-,16+,17+/m1/s1. The number of nitrogens with one attached hydrogen (secondary N) is 1. The van der Waals surface area contributed by atoms with Gasteiger partial charge in [-0.3, -0.25) is 9.59 Å². The van der Waals surface area contributed by atoms with Gasteiger partial charge in [0.2, 0.25) is 5.91 Å². The van der Waals surface area contributed by atoms with Gasteiger partial charge in [-0.25, -0.2) is 0 Å². The molecule has 21 heavy (non-hydrogen) atoms. The molecule has 1 aromatic rings. The largest absolute Gasteiger partial charge is 0.326 e. The maximum Gasteiger partial charge on any atom is 0.232 e. The summed E-state index contributed by atoms with van der Waals surface area (Å²) < 4.78 is 0. The second kappa shape index (κ2) is 4.42. The Morgan fingerprint density at radius 1 is 1.19 bits per heavy atom. The molecular formula is C17H20BrNO2. The first-order valence-corrected chi connectivity index (χ1v) is 8.24. The first-order chi connectivity index (χ1) is 9.77. The number of ketones is 1. The molecule has 2 fully saturated rings. The Hall–Kier alpha value is -1.16. The summed E-state index contributed by atoms with van der Waals surface area (Å²) >= 11 is 3.53. The molecule has 2 bridgehead atoms. The number of anilines is 1. The lowest BCUT2D eigenvalue weighted by molar-refractivity contribution is -0.130. The Kier molecular flexibility index (Phi) is 3.11. The fraction of sp³-hybridized carbons (Fsp3) is 0.529. The highest BCUT2D eigenvalue weighted by molar-refractivity contribution is 9.10. The second-order valence-corrected chi connectivity index (χ2v) is 7.89. The van der Waals surface area contributed by atoms with Gasteiger partial charge in [-0.15, -0.1) is 0 Å². The number of rotatable bonds is 2. The molecule has 1 amide bonds. The molecule has 3 nitrogen and oxygen atoms in total. The molecule has 0 aromatic heterocycles. The Morgan fingerprint density at radius 3 is 2.33 bits per heavy atom. The van der Waals surface area contributed by atoms with Crippen LogP contribution in [0.5, 0.6) is 0 Å². The predicted molar refractivity (Wildman–Crippen MR) is 86.3 cm³/mol. The maximum atomic E-state index is 13.0. The molecule has 1 aromatic carbocycles. The van der Waals surface area contributed by atoms with E-state index < -0.39 is 15.7 Å². The van der Waals surface area contributed by atoms with Crippen LogP contribution in [0.25, 0.3) is 0 Å². The molecule has 1 N–H and O–H groups in total. The molecule has 0 saturated heterocycles. The topological polar surface area (TPSA) is 46.2 Å². The van der Waals surface area contributed by atoms with Gasteiger partial charge in [0.1, 0.15) is 0 Å². The lowest BCUT2D eigenvalue weighted by Gasteiger charge is -2.39. The molecule has 0 aliphatic heterocycles. The van der Waals surface area contributed by atoms with Crippen LogP contribution in [0.1, 0.15) is 33.6 Å². The Labute approximate surface area is 133 Å². The molecule has 0 unspecified atom stereocenters. The van der Waals surface area contributed by atoms with Gasteiger partial charge in [0.25, 0.3) is 0 Å². The molecule has 112 valence electrons. The van der Waals surface area contributed by atoms with E-state index in [1.807, 2.05) is 37.3 Å². The fourth-order valence-corrected chi connectivity index (χ4v) is 5.73. The van der Waals surface area contributed by atoms with E-state index in [0.29, 0.717) is 0 Å². The summed E-state index contributed by atoms with van der Waals surface area (Å²) in [6.07, 6.45) is 1.53. The summed E-state index contributed by atoms with van der Waals surface area (Å²) in [4.78, 5) is 25.3. The van der Waals surface area contributed by atoms with E-state index in [9.17, 15) is 9.59 Å². The van der Waals surface area contributed by atoms with Crippen LogP contribution >= 0.6 is 15.9 Å². The number of carbonyl (C=O) groups excluding carboxylic acids is 2. The van der Waals surface area contributed by atoms with E-state index in [1.165, 1.54) is 0 Å². The summed E-state index contributed by atoms with van der Waals surface area (Å²) in [5.41, 5.74) is -0.672. The van der Waals surface area contributed by atoms with Crippen molar-refractivity contribution in [1.29, 1.82) is 0 Å². The van der Waals surface area contributed by atoms with Gasteiger partial charge >= 0.3 is 0 Å². The van der Waals surface area contributed by atoms with Crippen LogP contribution in [0.3, 0.4) is 0 Å². The third-order valence-corrected chi connectivity index (χ3v) is 7.35. The zero-order valence-electron chi connectivity index (χ0n) is 12.6. The average Bonchev–Trinajstić information content (AvgIpc) is 2.72. The molecule has 3 atom stereocenters. The highest BCUT2D eigenvalue weighted by Crippen LogP contribution is 2.72. The summed E-state index contributed by atoms with van der Waals surface area (Å²) in [5, 5.41) is 3.00. The smallest absolute Gasteiger partial charge is 0.232 e. The van der Waals surface area contributed by atoms with Crippen molar-refractivity contribution in [3.05, 3.63) is 30.3 Å². The van der Waals surface area contributed by atoms with Crippen molar-refractivity contribution in [3.8, 4) is 0 Å². The van der Waals surface area contributed by atoms with Gasteiger partial charge in [-0.2, -0.15) is 0 Å². The molecule has 2 aliphatic carbocycles. The number of para-hydroxylation sites is 1. The van der Waals surface area contributed by atoms with Gasteiger partial charge in [0.15, 0.2) is 5.78 Å². The first-order valence-electron chi connectivity index (χ1n) is 7.32. The number of amides is 1. The van der Waals surface area contributed by atoms with Crippen LogP contribution in [-0.4, -0.2) is 16.5 Å². The molecule has 2 aliphatic rings. The van der Waals surface area contributed by atoms with Crippen molar-refractivity contribution in [3.63, 3.8) is 0 Å². The number of hydrogen-bond donors (Lipinski definition) is 1. The maximum absolute atomic E-state index is 13.0. The van der Waals surface area contributed by atoms with E-state index in [1.54, 1.807) is 0 Å². The molecular weight excluding hydrogens is 330 g/mol. The van der Waals surface area contributed by atoms with Crippen LogP contribution in [-0.2, 0) is 9.59 Å². The fourth-order valence-electron chi connectivity index (χ4n) is 4.22. The summed E-state index contributed by atoms with van der Waals surface area (Å²) in [7, 11) is 0. The van der Waals surface area contributed by atoms with E-state index in [4.69, 9.17) is 0 Å². The van der Waals surface area contributed by atoms with E-state index >= 15 is 0 Å². The van der Waals surface area contributed by atoms with Gasteiger partial charge in [-0.1, -0.05) is 54.9 Å². The van der Waals surface area contributed by atoms with Crippen LogP contribution < -0.4 is 5.32 Å². The monoisotopic (exact) mass is 349 g/mol. The number of fused-ring (bicyclic) bond motifs is 2. The number of benzene rings is 1. The highest BCUT2D eigenvalue weighted by Gasteiger charge is 2.76. The van der Waals surface area contributed by atoms with Crippen molar-refractivity contribution in [2.24, 2.45) is 16.2 Å². The molecule has 3 rings (SSSR count). The molecule has 4 heteroatoms. The van der Waals surface area contributed by atoms with E-state index in [0.717, 1.165) is 18.5 Å². The van der Waals surface area contributed by atoms with Crippen LogP contribution in [0.2, 0.25) is 0 Å². The van der Waals surface area contributed by atoms with Gasteiger partial charge in [0.05, 0.1) is 10.2 Å². The van der Waals surface area contributed by atoms with Crippen molar-refractivity contribution in [1.82, 2.24) is 0 Å². The summed E-state index contributed by atoms with van der Waals surface area (Å²) in [6.45, 7) is 6.13. The minimum atomic E-state index is -0.672. The number of Topliss-reactive ketones (excluding diaryl/α,β-unsaturated/α-hetero) is 1. The zero-order chi connectivity index (χ0) is 15.5. The van der Waals surface area contributed by atoms with E-state index in [2.05, 4.69) is 35.1 Å². The van der Waals surface area contributed by atoms with Crippen molar-refractivity contribution in [2.45, 2.75) is 38.4 Å². The normalized spacial score (nSPS) is 36.8. The van der Waals surface area contributed by atoms with Gasteiger partial charge in [-0.05, 0) is 30.4 Å². The van der Waals surface area contributed by atoms with Crippen molar-refractivity contribution < 1.29 is 9.59 Å². The number of halogens is 1. The third-order valence-electron chi connectivity index (χ3n) is 6.16. The van der Waals surface area contributed by atoms with E-state index in [-0.39, 0.29) is 17.1 Å². The molecule has 2 saturated carbocycles. The van der Waals surface area contributed by atoms with Gasteiger partial charge in [0, 0.05) is 11.1 Å². The summed E-state index contributed by atoms with van der Waals surface area (Å²) in [6, 6.07) is 9.44. The summed E-state index contributed by atoms with van der Waals surface area (Å²) in [5.74, 6) is 0.122.